The molecule has 3 aliphatic rings. The molecule has 196 valence electrons. The lowest BCUT2D eigenvalue weighted by atomic mass is 10.0. The number of anilines is 1. The van der Waals surface area contributed by atoms with Crippen molar-refractivity contribution in [3.8, 4) is 0 Å². The number of benzene rings is 2. The second kappa shape index (κ2) is 8.80. The van der Waals surface area contributed by atoms with E-state index in [1.807, 2.05) is 9.47 Å². The Bertz CT molecular complexity index is 1370. The molecule has 2 saturated heterocycles. The van der Waals surface area contributed by atoms with E-state index in [9.17, 15) is 21.6 Å². The van der Waals surface area contributed by atoms with Crippen LogP contribution in [0.4, 0.5) is 23.2 Å². The molecule has 37 heavy (non-hydrogen) atoms. The van der Waals surface area contributed by atoms with Gasteiger partial charge in [0.05, 0.1) is 0 Å². The van der Waals surface area contributed by atoms with Crippen molar-refractivity contribution in [3.63, 3.8) is 0 Å². The van der Waals surface area contributed by atoms with Crippen LogP contribution in [0, 0.1) is 17.7 Å². The molecule has 1 saturated carbocycles. The molecule has 0 spiro atoms. The van der Waals surface area contributed by atoms with Crippen molar-refractivity contribution in [3.05, 3.63) is 78.1 Å². The number of nitrogens with zero attached hydrogens (tertiary/aromatic N) is 5. The molecule has 0 bridgehead atoms. The van der Waals surface area contributed by atoms with Crippen molar-refractivity contribution in [1.29, 1.82) is 0 Å². The fraction of sp³-hybridized carbons (Fsp3) is 0.440. The van der Waals surface area contributed by atoms with E-state index in [1.165, 1.54) is 12.1 Å². The highest BCUT2D eigenvalue weighted by Crippen LogP contribution is 2.55. The molecule has 0 radical (unpaired) electrons. The largest absolute Gasteiger partial charge is 0.405 e. The zero-order chi connectivity index (χ0) is 25.9. The molecule has 0 amide bonds. The Labute approximate surface area is 211 Å². The normalized spacial score (nSPS) is 29.3. The molecule has 1 unspecified atom stereocenters. The van der Waals surface area contributed by atoms with Crippen LogP contribution in [-0.2, 0) is 16.6 Å². The van der Waals surface area contributed by atoms with Gasteiger partial charge in [0.1, 0.15) is 29.8 Å². The number of alkyl halides is 3. The van der Waals surface area contributed by atoms with Crippen LogP contribution < -0.4 is 4.90 Å². The fourth-order valence-electron chi connectivity index (χ4n) is 6.02. The molecule has 3 aromatic rings. The average molecular weight is 536 g/mol. The number of halogens is 4. The van der Waals surface area contributed by atoms with Gasteiger partial charge < -0.3 is 9.47 Å². The molecule has 12 heteroatoms. The topological polar surface area (TPSA) is 71.3 Å². The van der Waals surface area contributed by atoms with E-state index in [0.29, 0.717) is 33.4 Å². The number of hydrogen-bond acceptors (Lipinski definition) is 5. The lowest BCUT2D eigenvalue weighted by molar-refractivity contribution is -0.176. The summed E-state index contributed by atoms with van der Waals surface area (Å²) in [5, 5.41) is 6.58. The monoisotopic (exact) mass is 535 g/mol. The van der Waals surface area contributed by atoms with Gasteiger partial charge in [-0.2, -0.15) is 17.5 Å². The van der Waals surface area contributed by atoms with E-state index >= 15 is 4.39 Å². The minimum Gasteiger partial charge on any atom is -0.371 e. The van der Waals surface area contributed by atoms with E-state index < -0.39 is 39.9 Å². The number of piperidine rings is 1. The number of aromatic nitrogens is 3. The van der Waals surface area contributed by atoms with Gasteiger partial charge in [-0.1, -0.05) is 36.4 Å². The molecule has 2 aromatic carbocycles. The molecule has 0 N–H and O–H groups in total. The number of sulfonamides is 1. The predicted octanol–water partition coefficient (Wildman–Crippen LogP) is 4.32. The van der Waals surface area contributed by atoms with Crippen LogP contribution in [0.15, 0.2) is 61.2 Å². The zero-order valence-corrected chi connectivity index (χ0v) is 20.5. The first-order chi connectivity index (χ1) is 17.6. The van der Waals surface area contributed by atoms with Crippen LogP contribution >= 0.6 is 0 Å². The van der Waals surface area contributed by atoms with Crippen LogP contribution in [0.1, 0.15) is 35.3 Å². The van der Waals surface area contributed by atoms with E-state index in [2.05, 4.69) is 10.2 Å². The van der Waals surface area contributed by atoms with Gasteiger partial charge >= 0.3 is 6.18 Å². The summed E-state index contributed by atoms with van der Waals surface area (Å²) in [6.07, 6.45) is -1.92. The first kappa shape index (κ1) is 24.4. The third kappa shape index (κ3) is 4.29. The summed E-state index contributed by atoms with van der Waals surface area (Å²) in [4.78, 5) is 2.05. The molecule has 6 rings (SSSR count). The van der Waals surface area contributed by atoms with Crippen molar-refractivity contribution in [2.75, 3.05) is 18.0 Å². The Morgan fingerprint density at radius 3 is 2.24 bits per heavy atom. The van der Waals surface area contributed by atoms with E-state index in [0.717, 1.165) is 13.1 Å². The molecule has 7 nitrogen and oxygen atoms in total. The molecule has 1 aliphatic carbocycles. The van der Waals surface area contributed by atoms with Gasteiger partial charge in [0.15, 0.2) is 0 Å². The first-order valence-electron chi connectivity index (χ1n) is 12.1. The number of hydrogen-bond donors (Lipinski definition) is 0. The Balaban J connectivity index is 1.22. The van der Waals surface area contributed by atoms with Crippen LogP contribution in [0.2, 0.25) is 0 Å². The highest BCUT2D eigenvalue weighted by molar-refractivity contribution is 7.89. The first-order valence-corrected chi connectivity index (χ1v) is 13.6. The highest BCUT2D eigenvalue weighted by Gasteiger charge is 2.57. The lowest BCUT2D eigenvalue weighted by Gasteiger charge is -2.39. The van der Waals surface area contributed by atoms with Crippen molar-refractivity contribution in [1.82, 2.24) is 19.1 Å². The van der Waals surface area contributed by atoms with Gasteiger partial charge in [-0.05, 0) is 30.5 Å². The lowest BCUT2D eigenvalue weighted by Crippen LogP contribution is -2.52. The summed E-state index contributed by atoms with van der Waals surface area (Å²) >= 11 is 0. The smallest absolute Gasteiger partial charge is 0.371 e. The van der Waals surface area contributed by atoms with Gasteiger partial charge in [0, 0.05) is 48.8 Å². The summed E-state index contributed by atoms with van der Waals surface area (Å²) in [6, 6.07) is 10.7. The van der Waals surface area contributed by atoms with Crippen molar-refractivity contribution >= 4 is 15.7 Å². The van der Waals surface area contributed by atoms with Gasteiger partial charge in [-0.25, -0.2) is 12.8 Å². The third-order valence-corrected chi connectivity index (χ3v) is 10.2. The Kier molecular flexibility index (Phi) is 5.79. The van der Waals surface area contributed by atoms with Crippen molar-refractivity contribution in [2.24, 2.45) is 11.8 Å². The van der Waals surface area contributed by atoms with Gasteiger partial charge in [0.25, 0.3) is 0 Å². The highest BCUT2D eigenvalue weighted by atomic mass is 32.2. The van der Waals surface area contributed by atoms with Gasteiger partial charge in [-0.3, -0.25) is 0 Å². The van der Waals surface area contributed by atoms with Crippen LogP contribution in [0.25, 0.3) is 0 Å². The Morgan fingerprint density at radius 1 is 0.946 bits per heavy atom. The van der Waals surface area contributed by atoms with Crippen LogP contribution in [0.5, 0.6) is 0 Å². The molecular formula is C25H25F4N5O2S. The molecule has 5 atom stereocenters. The standard InChI is InChI=1S/C25H25F4N5O2S/c26-21-10-18(32-12-19-20(13-32)24(19)33-14-30-31-15-33)7-6-17(21)11-34-23(25(27,28)29)9-8-22(37(34,35)36)16-4-2-1-3-5-16/h1-7,10,14-15,19-20,22-24H,8-9,11-13H2/t19-,20+,22-,23?,24+/m1/s1. The summed E-state index contributed by atoms with van der Waals surface area (Å²) in [7, 11) is -4.40. The zero-order valence-electron chi connectivity index (χ0n) is 19.7. The van der Waals surface area contributed by atoms with E-state index in [1.54, 1.807) is 49.1 Å². The SMILES string of the molecule is O=S1(=O)[C@@H](c2ccccc2)CCC(C(F)(F)F)N1Cc1ccc(N2C[C@@H]3[C@H](C2)[C@H]3n2cnnc2)cc1F. The van der Waals surface area contributed by atoms with Crippen molar-refractivity contribution < 1.29 is 26.0 Å². The summed E-state index contributed by atoms with van der Waals surface area (Å²) in [5.41, 5.74) is 0.982. The average Bonchev–Trinajstić information content (AvgIpc) is 3.23. The van der Waals surface area contributed by atoms with E-state index in [-0.39, 0.29) is 18.4 Å². The predicted molar refractivity (Wildman–Crippen MR) is 127 cm³/mol. The van der Waals surface area contributed by atoms with Gasteiger partial charge in [-0.15, -0.1) is 10.2 Å². The minimum atomic E-state index is -4.76. The van der Waals surface area contributed by atoms with Crippen LogP contribution in [0.3, 0.4) is 0 Å². The summed E-state index contributed by atoms with van der Waals surface area (Å²) in [6.45, 7) is 0.770. The van der Waals surface area contributed by atoms with Crippen LogP contribution in [-0.4, -0.2) is 52.8 Å². The summed E-state index contributed by atoms with van der Waals surface area (Å²) in [5.74, 6) is 0.0887. The number of fused-ring (bicyclic) bond motifs is 1. The quantitative estimate of drug-likeness (QED) is 0.455. The Hall–Kier alpha value is -2.99. The minimum absolute atomic E-state index is 0.0815. The summed E-state index contributed by atoms with van der Waals surface area (Å²) < 4.78 is 86.2. The second-order valence-electron chi connectivity index (χ2n) is 10.0. The second-order valence-corrected chi connectivity index (χ2v) is 12.1. The van der Waals surface area contributed by atoms with Crippen molar-refractivity contribution in [2.45, 2.75) is 42.9 Å². The number of rotatable bonds is 5. The maximum Gasteiger partial charge on any atom is 0.405 e. The Morgan fingerprint density at radius 2 is 1.62 bits per heavy atom. The fourth-order valence-corrected chi connectivity index (χ4v) is 8.18. The maximum atomic E-state index is 15.2. The molecular weight excluding hydrogens is 510 g/mol. The van der Waals surface area contributed by atoms with E-state index in [4.69, 9.17) is 0 Å². The molecule has 3 fully saturated rings. The third-order valence-electron chi connectivity index (χ3n) is 7.94. The molecule has 1 aromatic heterocycles. The maximum absolute atomic E-state index is 15.2. The van der Waals surface area contributed by atoms with Gasteiger partial charge in [0.2, 0.25) is 10.0 Å². The molecule has 3 heterocycles. The molecule has 2 aliphatic heterocycles.